The van der Waals surface area contributed by atoms with Gasteiger partial charge >= 0.3 is 5.97 Å². The highest BCUT2D eigenvalue weighted by atomic mass is 16.4. The van der Waals surface area contributed by atoms with Gasteiger partial charge in [0.05, 0.1) is 12.2 Å². The Morgan fingerprint density at radius 1 is 1.20 bits per heavy atom. The highest BCUT2D eigenvalue weighted by Gasteiger charge is 2.09. The average molecular weight is 270 g/mol. The number of aryl methyl sites for hydroxylation is 1. The first-order chi connectivity index (χ1) is 9.60. The monoisotopic (exact) mass is 270 g/mol. The van der Waals surface area contributed by atoms with Crippen molar-refractivity contribution in [2.24, 2.45) is 0 Å². The number of carboxylic acid groups (broad SMARTS) is 1. The van der Waals surface area contributed by atoms with Crippen molar-refractivity contribution in [2.45, 2.75) is 20.4 Å². The number of hydrogen-bond donors (Lipinski definition) is 1. The van der Waals surface area contributed by atoms with Gasteiger partial charge in [0.25, 0.3) is 0 Å². The van der Waals surface area contributed by atoms with Crippen LogP contribution in [0.25, 0.3) is 0 Å². The molecule has 104 valence electrons. The number of nitrogens with zero attached hydrogens (tertiary/aromatic N) is 2. The second kappa shape index (κ2) is 6.19. The normalized spacial score (nSPS) is 10.3. The van der Waals surface area contributed by atoms with Crippen LogP contribution in [0.3, 0.4) is 0 Å². The highest BCUT2D eigenvalue weighted by molar-refractivity contribution is 5.85. The fraction of sp³-hybridized carbons (Fsp3) is 0.250. The van der Waals surface area contributed by atoms with E-state index in [1.807, 2.05) is 6.07 Å². The summed E-state index contributed by atoms with van der Waals surface area (Å²) in [6, 6.07) is 13.4. The number of anilines is 1. The quantitative estimate of drug-likeness (QED) is 0.907. The van der Waals surface area contributed by atoms with E-state index in [1.54, 1.807) is 6.07 Å². The number of hydrogen-bond acceptors (Lipinski definition) is 3. The maximum Gasteiger partial charge on any atom is 0.354 e. The molecular weight excluding hydrogens is 252 g/mol. The van der Waals surface area contributed by atoms with Gasteiger partial charge in [-0.15, -0.1) is 0 Å². The van der Waals surface area contributed by atoms with E-state index in [-0.39, 0.29) is 5.69 Å². The molecule has 0 aliphatic heterocycles. The smallest absolute Gasteiger partial charge is 0.354 e. The summed E-state index contributed by atoms with van der Waals surface area (Å²) in [5.74, 6) is -0.995. The molecule has 1 N–H and O–H groups in total. The minimum atomic E-state index is -0.995. The molecular formula is C16H18N2O2. The number of carboxylic acids is 1. The van der Waals surface area contributed by atoms with E-state index in [1.165, 1.54) is 11.6 Å². The van der Waals surface area contributed by atoms with Crippen molar-refractivity contribution >= 4 is 11.7 Å². The molecule has 2 aromatic rings. The van der Waals surface area contributed by atoms with E-state index < -0.39 is 5.97 Å². The van der Waals surface area contributed by atoms with Gasteiger partial charge in [0.1, 0.15) is 5.69 Å². The van der Waals surface area contributed by atoms with Gasteiger partial charge in [0.15, 0.2) is 0 Å². The first-order valence-corrected chi connectivity index (χ1v) is 6.61. The van der Waals surface area contributed by atoms with Gasteiger partial charge in [-0.25, -0.2) is 9.78 Å². The van der Waals surface area contributed by atoms with Crippen molar-refractivity contribution < 1.29 is 9.90 Å². The molecule has 1 aromatic carbocycles. The van der Waals surface area contributed by atoms with Crippen LogP contribution in [-0.2, 0) is 6.54 Å². The Morgan fingerprint density at radius 3 is 2.50 bits per heavy atom. The van der Waals surface area contributed by atoms with Crippen LogP contribution in [0.4, 0.5) is 5.69 Å². The van der Waals surface area contributed by atoms with Crippen molar-refractivity contribution in [3.63, 3.8) is 0 Å². The summed E-state index contributed by atoms with van der Waals surface area (Å²) in [6.07, 6.45) is 0. The van der Waals surface area contributed by atoms with Crippen molar-refractivity contribution in [3.05, 3.63) is 59.4 Å². The third kappa shape index (κ3) is 3.35. The number of pyridine rings is 1. The Hall–Kier alpha value is -2.36. The topological polar surface area (TPSA) is 53.4 Å². The van der Waals surface area contributed by atoms with Crippen molar-refractivity contribution in [1.29, 1.82) is 0 Å². The predicted octanol–water partition coefficient (Wildman–Crippen LogP) is 3.11. The molecule has 0 saturated heterocycles. The maximum atomic E-state index is 10.9. The molecule has 4 heteroatoms. The zero-order valence-corrected chi connectivity index (χ0v) is 11.7. The number of aromatic nitrogens is 1. The van der Waals surface area contributed by atoms with E-state index in [0.29, 0.717) is 6.54 Å². The zero-order valence-electron chi connectivity index (χ0n) is 11.7. The molecule has 0 unspecified atom stereocenters. The molecule has 0 bridgehead atoms. The third-order valence-electron chi connectivity index (χ3n) is 3.16. The van der Waals surface area contributed by atoms with Gasteiger partial charge in [-0.1, -0.05) is 23.8 Å². The van der Waals surface area contributed by atoms with Crippen LogP contribution in [0.1, 0.15) is 28.7 Å². The molecule has 0 spiro atoms. The summed E-state index contributed by atoms with van der Waals surface area (Å²) in [4.78, 5) is 17.3. The summed E-state index contributed by atoms with van der Waals surface area (Å²) >= 11 is 0. The molecule has 4 nitrogen and oxygen atoms in total. The van der Waals surface area contributed by atoms with Crippen molar-refractivity contribution in [1.82, 2.24) is 4.98 Å². The maximum absolute atomic E-state index is 10.9. The lowest BCUT2D eigenvalue weighted by Gasteiger charge is -2.23. The summed E-state index contributed by atoms with van der Waals surface area (Å²) in [7, 11) is 0. The van der Waals surface area contributed by atoms with E-state index >= 15 is 0 Å². The second-order valence-electron chi connectivity index (χ2n) is 4.67. The molecule has 0 aliphatic carbocycles. The fourth-order valence-corrected chi connectivity index (χ4v) is 2.02. The summed E-state index contributed by atoms with van der Waals surface area (Å²) < 4.78 is 0. The minimum Gasteiger partial charge on any atom is -0.477 e. The van der Waals surface area contributed by atoms with Crippen molar-refractivity contribution in [2.75, 3.05) is 11.4 Å². The average Bonchev–Trinajstić information content (AvgIpc) is 2.46. The van der Waals surface area contributed by atoms with E-state index in [9.17, 15) is 4.79 Å². The Kier molecular flexibility index (Phi) is 4.35. The van der Waals surface area contributed by atoms with Gasteiger partial charge in [0.2, 0.25) is 0 Å². The van der Waals surface area contributed by atoms with Crippen LogP contribution in [0.2, 0.25) is 0 Å². The lowest BCUT2D eigenvalue weighted by Crippen LogP contribution is -2.23. The van der Waals surface area contributed by atoms with E-state index in [2.05, 4.69) is 48.0 Å². The molecule has 0 atom stereocenters. The largest absolute Gasteiger partial charge is 0.477 e. The van der Waals surface area contributed by atoms with E-state index in [0.717, 1.165) is 17.9 Å². The van der Waals surface area contributed by atoms with Gasteiger partial charge in [-0.3, -0.25) is 0 Å². The highest BCUT2D eigenvalue weighted by Crippen LogP contribution is 2.17. The molecule has 0 fully saturated rings. The van der Waals surface area contributed by atoms with Crippen LogP contribution in [0.5, 0.6) is 0 Å². The standard InChI is InChI=1S/C16H18N2O2/c1-3-18(14-9-7-12(2)8-10-14)11-13-5-4-6-15(17-13)16(19)20/h4-10H,3,11H2,1-2H3,(H,19,20). The molecule has 0 amide bonds. The van der Waals surface area contributed by atoms with Gasteiger partial charge < -0.3 is 10.0 Å². The first kappa shape index (κ1) is 14.1. The van der Waals surface area contributed by atoms with Crippen LogP contribution in [-0.4, -0.2) is 22.6 Å². The predicted molar refractivity (Wildman–Crippen MR) is 79.1 cm³/mol. The Morgan fingerprint density at radius 2 is 1.90 bits per heavy atom. The molecule has 0 aliphatic rings. The molecule has 1 heterocycles. The number of aromatic carboxylic acids is 1. The lowest BCUT2D eigenvalue weighted by molar-refractivity contribution is 0.0690. The Balaban J connectivity index is 2.19. The van der Waals surface area contributed by atoms with Gasteiger partial charge in [-0.2, -0.15) is 0 Å². The third-order valence-corrected chi connectivity index (χ3v) is 3.16. The number of benzene rings is 1. The number of rotatable bonds is 5. The molecule has 0 saturated carbocycles. The van der Waals surface area contributed by atoms with Crippen LogP contribution >= 0.6 is 0 Å². The Labute approximate surface area is 118 Å². The van der Waals surface area contributed by atoms with E-state index in [4.69, 9.17) is 5.11 Å². The molecule has 0 radical (unpaired) electrons. The van der Waals surface area contributed by atoms with Gasteiger partial charge in [0, 0.05) is 12.2 Å². The molecule has 1 aromatic heterocycles. The van der Waals surface area contributed by atoms with Crippen LogP contribution in [0.15, 0.2) is 42.5 Å². The molecule has 20 heavy (non-hydrogen) atoms. The number of carbonyl (C=O) groups is 1. The first-order valence-electron chi connectivity index (χ1n) is 6.61. The zero-order chi connectivity index (χ0) is 14.5. The second-order valence-corrected chi connectivity index (χ2v) is 4.67. The summed E-state index contributed by atoms with van der Waals surface area (Å²) in [6.45, 7) is 5.56. The SMILES string of the molecule is CCN(Cc1cccc(C(=O)O)n1)c1ccc(C)cc1. The van der Waals surface area contributed by atoms with Crippen molar-refractivity contribution in [3.8, 4) is 0 Å². The van der Waals surface area contributed by atoms with Crippen LogP contribution in [0, 0.1) is 6.92 Å². The fourth-order valence-electron chi connectivity index (χ4n) is 2.02. The summed E-state index contributed by atoms with van der Waals surface area (Å²) in [5.41, 5.74) is 3.17. The molecule has 2 rings (SSSR count). The Bertz CT molecular complexity index is 594. The lowest BCUT2D eigenvalue weighted by atomic mass is 10.2. The minimum absolute atomic E-state index is 0.0856. The van der Waals surface area contributed by atoms with Gasteiger partial charge in [-0.05, 0) is 38.1 Å². The van der Waals surface area contributed by atoms with Crippen LogP contribution < -0.4 is 4.90 Å². The summed E-state index contributed by atoms with van der Waals surface area (Å²) in [5, 5.41) is 8.97.